The maximum Gasteiger partial charge on any atom is 0.0710 e. The number of aromatic nitrogens is 1. The Morgan fingerprint density at radius 3 is 2.03 bits per heavy atom. The van der Waals surface area contributed by atoms with E-state index in [-0.39, 0.29) is 0 Å². The molecule has 1 unspecified atom stereocenters. The first kappa shape index (κ1) is 18.2. The second kappa shape index (κ2) is 6.32. The van der Waals surface area contributed by atoms with E-state index in [2.05, 4.69) is 103 Å². The van der Waals surface area contributed by atoms with Gasteiger partial charge in [0.05, 0.1) is 11.0 Å². The van der Waals surface area contributed by atoms with Crippen LogP contribution in [0.5, 0.6) is 0 Å². The quantitative estimate of drug-likeness (QED) is 0.271. The number of benzene rings is 5. The van der Waals surface area contributed by atoms with Crippen LogP contribution in [0.15, 0.2) is 103 Å². The van der Waals surface area contributed by atoms with E-state index in [0.717, 1.165) is 11.0 Å². The van der Waals surface area contributed by atoms with Crippen molar-refractivity contribution in [2.45, 2.75) is 0 Å². The van der Waals surface area contributed by atoms with Crippen molar-refractivity contribution in [1.82, 2.24) is 4.68 Å². The normalized spacial score (nSPS) is 17.1. The highest BCUT2D eigenvalue weighted by molar-refractivity contribution is 8.26. The summed E-state index contributed by atoms with van der Waals surface area (Å²) in [7, 11) is 0. The van der Waals surface area contributed by atoms with E-state index >= 15 is 0 Å². The predicted octanol–water partition coefficient (Wildman–Crippen LogP) is 5.40. The molecule has 4 heteroatoms. The third kappa shape index (κ3) is 2.22. The van der Waals surface area contributed by atoms with Crippen molar-refractivity contribution in [2.75, 3.05) is 5.84 Å². The number of nitrogens with two attached hydrogens (primary N) is 1. The Kier molecular flexibility index (Phi) is 3.60. The summed E-state index contributed by atoms with van der Waals surface area (Å²) in [5.74, 6) is 6.69. The van der Waals surface area contributed by atoms with Crippen LogP contribution in [0.3, 0.4) is 0 Å². The van der Waals surface area contributed by atoms with Crippen LogP contribution in [-0.4, -0.2) is 4.68 Å². The zero-order valence-corrected chi connectivity index (χ0v) is 18.9. The average Bonchev–Trinajstić information content (AvgIpc) is 3.26. The largest absolute Gasteiger partial charge is 0.339 e. The molecule has 5 aromatic carbocycles. The zero-order valence-electron chi connectivity index (χ0n) is 17.2. The summed E-state index contributed by atoms with van der Waals surface area (Å²) >= 11 is 6.56. The van der Waals surface area contributed by atoms with Gasteiger partial charge in [0.2, 0.25) is 0 Å². The minimum Gasteiger partial charge on any atom is -0.339 e. The lowest BCUT2D eigenvalue weighted by molar-refractivity contribution is 1.12. The van der Waals surface area contributed by atoms with E-state index in [9.17, 15) is 0 Å². The summed E-state index contributed by atoms with van der Waals surface area (Å²) in [6.07, 6.45) is 0. The molecule has 7 rings (SSSR count). The van der Waals surface area contributed by atoms with Gasteiger partial charge in [-0.05, 0) is 51.5 Å². The molecule has 0 aliphatic carbocycles. The fourth-order valence-electron chi connectivity index (χ4n) is 5.26. The predicted molar refractivity (Wildman–Crippen MR) is 142 cm³/mol. The Labute approximate surface area is 190 Å². The molecule has 0 amide bonds. The number of hydrogen-bond acceptors (Lipinski definition) is 2. The molecule has 0 spiro atoms. The summed E-state index contributed by atoms with van der Waals surface area (Å²) in [6, 6.07) is 34.6. The van der Waals surface area contributed by atoms with Crippen LogP contribution in [0.1, 0.15) is 0 Å². The van der Waals surface area contributed by atoms with E-state index < -0.39 is 6.04 Å². The van der Waals surface area contributed by atoms with E-state index in [1.54, 1.807) is 0 Å². The van der Waals surface area contributed by atoms with Crippen LogP contribution in [-0.2, 0) is 11.8 Å². The lowest BCUT2D eigenvalue weighted by Crippen LogP contribution is -2.20. The summed E-state index contributed by atoms with van der Waals surface area (Å²) in [4.78, 5) is 0. The van der Waals surface area contributed by atoms with Crippen LogP contribution in [0.25, 0.3) is 43.7 Å². The lowest BCUT2D eigenvalue weighted by atomic mass is 10.0. The second-order valence-electron chi connectivity index (χ2n) is 8.43. The standard InChI is InChI=1S/C28H19N2PS/c29-30-25-15-19-9-5-4-8-18(19)14-22(25)23-16-24-21-12-6-7-13-27(21)31(32,28(24)17-26(23)30)20-10-2-1-3-11-20/h1-17H,29H2. The molecule has 6 aromatic rings. The van der Waals surface area contributed by atoms with Crippen molar-refractivity contribution >= 4 is 66.3 Å². The van der Waals surface area contributed by atoms with E-state index in [1.165, 1.54) is 48.6 Å². The van der Waals surface area contributed by atoms with Gasteiger partial charge in [-0.1, -0.05) is 90.7 Å². The van der Waals surface area contributed by atoms with E-state index in [0.29, 0.717) is 0 Å². The van der Waals surface area contributed by atoms with Gasteiger partial charge in [0.25, 0.3) is 0 Å². The van der Waals surface area contributed by atoms with Crippen molar-refractivity contribution < 1.29 is 0 Å². The number of fused-ring (bicyclic) bond motifs is 7. The van der Waals surface area contributed by atoms with Crippen molar-refractivity contribution in [3.05, 3.63) is 103 Å². The molecule has 1 atom stereocenters. The molecular formula is C28H19N2PS. The Morgan fingerprint density at radius 1 is 0.594 bits per heavy atom. The molecule has 0 radical (unpaired) electrons. The topological polar surface area (TPSA) is 30.9 Å². The van der Waals surface area contributed by atoms with Gasteiger partial charge in [-0.2, -0.15) is 0 Å². The molecule has 2 nitrogen and oxygen atoms in total. The summed E-state index contributed by atoms with van der Waals surface area (Å²) in [6.45, 7) is 0. The van der Waals surface area contributed by atoms with Crippen molar-refractivity contribution in [2.24, 2.45) is 0 Å². The molecule has 2 heterocycles. The first-order valence-electron chi connectivity index (χ1n) is 10.7. The number of hydrogen-bond donors (Lipinski definition) is 1. The van der Waals surface area contributed by atoms with Gasteiger partial charge in [-0.3, -0.25) is 4.68 Å². The molecule has 1 aliphatic heterocycles. The van der Waals surface area contributed by atoms with Gasteiger partial charge in [-0.15, -0.1) is 0 Å². The van der Waals surface area contributed by atoms with Crippen LogP contribution in [0.4, 0.5) is 0 Å². The smallest absolute Gasteiger partial charge is 0.0710 e. The molecular weight excluding hydrogens is 427 g/mol. The van der Waals surface area contributed by atoms with Crippen molar-refractivity contribution in [3.8, 4) is 11.1 Å². The number of nitrogens with zero attached hydrogens (tertiary/aromatic N) is 1. The zero-order chi connectivity index (χ0) is 21.4. The highest BCUT2D eigenvalue weighted by Gasteiger charge is 2.36. The van der Waals surface area contributed by atoms with Crippen LogP contribution in [0, 0.1) is 0 Å². The van der Waals surface area contributed by atoms with Crippen LogP contribution < -0.4 is 21.8 Å². The molecule has 0 bridgehead atoms. The van der Waals surface area contributed by atoms with Gasteiger partial charge >= 0.3 is 0 Å². The van der Waals surface area contributed by atoms with Gasteiger partial charge in [0.1, 0.15) is 0 Å². The molecule has 0 saturated carbocycles. The average molecular weight is 447 g/mol. The van der Waals surface area contributed by atoms with E-state index in [4.69, 9.17) is 17.6 Å². The highest BCUT2D eigenvalue weighted by Crippen LogP contribution is 2.53. The first-order valence-corrected chi connectivity index (χ1v) is 13.5. The summed E-state index contributed by atoms with van der Waals surface area (Å²) in [5.41, 5.74) is 4.59. The molecule has 1 aliphatic rings. The first-order chi connectivity index (χ1) is 15.7. The summed E-state index contributed by atoms with van der Waals surface area (Å²) < 4.78 is 1.84. The van der Waals surface area contributed by atoms with Gasteiger partial charge in [-0.25, -0.2) is 0 Å². The molecule has 0 saturated heterocycles. The molecule has 1 aromatic heterocycles. The molecule has 152 valence electrons. The second-order valence-corrected chi connectivity index (χ2v) is 12.8. The Hall–Kier alpha value is -3.39. The number of nitrogen functional groups attached to an aromatic ring is 1. The Balaban J connectivity index is 1.64. The SMILES string of the molecule is Nn1c2cc3c(cc2c2cc4ccccc4cc21)-c1ccccc1P3(=S)c1ccccc1. The Bertz CT molecular complexity index is 1770. The van der Waals surface area contributed by atoms with Gasteiger partial charge in [0.15, 0.2) is 0 Å². The van der Waals surface area contributed by atoms with E-state index in [1.807, 2.05) is 4.68 Å². The fraction of sp³-hybridized carbons (Fsp3) is 0. The minimum absolute atomic E-state index is 1.03. The minimum atomic E-state index is -2.15. The maximum atomic E-state index is 6.69. The number of rotatable bonds is 1. The fourth-order valence-corrected chi connectivity index (χ4v) is 9.63. The Morgan fingerprint density at radius 2 is 1.22 bits per heavy atom. The third-order valence-electron chi connectivity index (χ3n) is 6.78. The van der Waals surface area contributed by atoms with Crippen molar-refractivity contribution in [1.29, 1.82) is 0 Å². The van der Waals surface area contributed by atoms with Crippen molar-refractivity contribution in [3.63, 3.8) is 0 Å². The maximum absolute atomic E-state index is 6.69. The lowest BCUT2D eigenvalue weighted by Gasteiger charge is -2.20. The van der Waals surface area contributed by atoms with Gasteiger partial charge in [0, 0.05) is 27.4 Å². The van der Waals surface area contributed by atoms with Gasteiger partial charge < -0.3 is 5.84 Å². The molecule has 32 heavy (non-hydrogen) atoms. The van der Waals surface area contributed by atoms with Crippen LogP contribution >= 0.6 is 6.04 Å². The monoisotopic (exact) mass is 446 g/mol. The third-order valence-corrected chi connectivity index (χ3v) is 11.7. The molecule has 0 fully saturated rings. The van der Waals surface area contributed by atoms with Crippen LogP contribution in [0.2, 0.25) is 0 Å². The highest BCUT2D eigenvalue weighted by atomic mass is 32.4. The summed E-state index contributed by atoms with van der Waals surface area (Å²) in [5, 5.41) is 8.53. The molecule has 2 N–H and O–H groups in total.